The Bertz CT molecular complexity index is 827. The largest absolute Gasteiger partial charge is 0.493 e. The first kappa shape index (κ1) is 20.2. The van der Waals surface area contributed by atoms with Crippen LogP contribution in [0.4, 0.5) is 11.4 Å². The summed E-state index contributed by atoms with van der Waals surface area (Å²) in [6, 6.07) is 12.3. The van der Waals surface area contributed by atoms with Crippen LogP contribution >= 0.6 is 0 Å². The average molecular weight is 368 g/mol. The lowest BCUT2D eigenvalue weighted by Crippen LogP contribution is -2.10. The zero-order valence-corrected chi connectivity index (χ0v) is 15.8. The van der Waals surface area contributed by atoms with Gasteiger partial charge in [-0.25, -0.2) is 0 Å². The second-order valence-electron chi connectivity index (χ2n) is 6.43. The van der Waals surface area contributed by atoms with E-state index in [2.05, 4.69) is 19.2 Å². The number of hydrogen-bond donors (Lipinski definition) is 1. The minimum atomic E-state index is -0.539. The summed E-state index contributed by atoms with van der Waals surface area (Å²) in [5.41, 5.74) is 2.03. The molecule has 0 unspecified atom stereocenters. The molecule has 0 saturated heterocycles. The fraction of sp³-hybridized carbons (Fsp3) is 0.286. The molecule has 0 atom stereocenters. The Balaban J connectivity index is 2.08. The molecule has 2 aromatic rings. The summed E-state index contributed by atoms with van der Waals surface area (Å²) in [5, 5.41) is 13.8. The molecule has 0 radical (unpaired) electrons. The van der Waals surface area contributed by atoms with Gasteiger partial charge in [-0.15, -0.1) is 0 Å². The van der Waals surface area contributed by atoms with Gasteiger partial charge in [0.05, 0.1) is 17.6 Å². The molecule has 1 amide bonds. The van der Waals surface area contributed by atoms with E-state index in [0.717, 1.165) is 12.0 Å². The van der Waals surface area contributed by atoms with E-state index in [0.29, 0.717) is 18.3 Å². The Morgan fingerprint density at radius 1 is 1.22 bits per heavy atom. The van der Waals surface area contributed by atoms with Crippen LogP contribution in [0, 0.1) is 10.1 Å². The van der Waals surface area contributed by atoms with Crippen LogP contribution in [0.5, 0.6) is 5.75 Å². The van der Waals surface area contributed by atoms with E-state index >= 15 is 0 Å². The maximum absolute atomic E-state index is 12.1. The average Bonchev–Trinajstić information content (AvgIpc) is 2.65. The van der Waals surface area contributed by atoms with Crippen LogP contribution in [0.2, 0.25) is 0 Å². The summed E-state index contributed by atoms with van der Waals surface area (Å²) >= 11 is 0. The number of hydrogen-bond acceptors (Lipinski definition) is 4. The molecule has 0 bridgehead atoms. The number of nitrogens with zero attached hydrogens (tertiary/aromatic N) is 1. The van der Waals surface area contributed by atoms with Crippen LogP contribution in [-0.4, -0.2) is 17.4 Å². The molecule has 0 aromatic heterocycles. The highest BCUT2D eigenvalue weighted by molar-refractivity contribution is 6.03. The summed E-state index contributed by atoms with van der Waals surface area (Å²) in [4.78, 5) is 22.9. The number of amides is 1. The summed E-state index contributed by atoms with van der Waals surface area (Å²) in [6.07, 6.45) is 3.83. The second kappa shape index (κ2) is 9.52. The predicted molar refractivity (Wildman–Crippen MR) is 107 cm³/mol. The van der Waals surface area contributed by atoms with Gasteiger partial charge in [-0.1, -0.05) is 45.0 Å². The monoisotopic (exact) mass is 368 g/mol. The SMILES string of the molecule is CCCOc1ccc(NC(=O)/C=C/c2ccc(C(C)C)cc2)c([N+](=O)[O-])c1. The molecule has 2 aromatic carbocycles. The molecule has 6 nitrogen and oxygen atoms in total. The van der Waals surface area contributed by atoms with Gasteiger partial charge in [-0.2, -0.15) is 0 Å². The van der Waals surface area contributed by atoms with Crippen molar-refractivity contribution in [3.63, 3.8) is 0 Å². The number of carbonyl (C=O) groups excluding carboxylic acids is 1. The quantitative estimate of drug-likeness (QED) is 0.396. The lowest BCUT2D eigenvalue weighted by atomic mass is 10.0. The summed E-state index contributed by atoms with van der Waals surface area (Å²) in [5.74, 6) is 0.409. The van der Waals surface area contributed by atoms with E-state index in [1.807, 2.05) is 31.2 Å². The first-order valence-corrected chi connectivity index (χ1v) is 8.91. The van der Waals surface area contributed by atoms with Gasteiger partial charge >= 0.3 is 0 Å². The van der Waals surface area contributed by atoms with Crippen molar-refractivity contribution in [3.05, 3.63) is 69.8 Å². The van der Waals surface area contributed by atoms with Gasteiger partial charge in [-0.3, -0.25) is 14.9 Å². The highest BCUT2D eigenvalue weighted by atomic mass is 16.6. The Morgan fingerprint density at radius 3 is 2.52 bits per heavy atom. The summed E-state index contributed by atoms with van der Waals surface area (Å²) in [7, 11) is 0. The van der Waals surface area contributed by atoms with E-state index in [1.54, 1.807) is 12.1 Å². The molecule has 0 aliphatic carbocycles. The summed E-state index contributed by atoms with van der Waals surface area (Å²) < 4.78 is 5.41. The topological polar surface area (TPSA) is 81.5 Å². The van der Waals surface area contributed by atoms with Crippen molar-refractivity contribution in [2.24, 2.45) is 0 Å². The van der Waals surface area contributed by atoms with Gasteiger partial charge in [-0.05, 0) is 41.7 Å². The van der Waals surface area contributed by atoms with Gasteiger partial charge in [0, 0.05) is 6.08 Å². The fourth-order valence-corrected chi connectivity index (χ4v) is 2.42. The lowest BCUT2D eigenvalue weighted by Gasteiger charge is -2.08. The number of carbonyl (C=O) groups is 1. The standard InChI is InChI=1S/C21H24N2O4/c1-4-13-27-18-10-11-19(20(14-18)23(25)26)22-21(24)12-7-16-5-8-17(9-6-16)15(2)3/h5-12,14-15H,4,13H2,1-3H3,(H,22,24)/b12-7+. The lowest BCUT2D eigenvalue weighted by molar-refractivity contribution is -0.384. The molecule has 142 valence electrons. The fourth-order valence-electron chi connectivity index (χ4n) is 2.42. The molecule has 2 rings (SSSR count). The molecular formula is C21H24N2O4. The first-order chi connectivity index (χ1) is 12.9. The molecule has 6 heteroatoms. The minimum absolute atomic E-state index is 0.133. The third-order valence-electron chi connectivity index (χ3n) is 3.93. The maximum Gasteiger partial charge on any atom is 0.296 e. The number of nitro groups is 1. The molecule has 0 heterocycles. The van der Waals surface area contributed by atoms with Crippen LogP contribution in [0.15, 0.2) is 48.5 Å². The molecule has 1 N–H and O–H groups in total. The summed E-state index contributed by atoms with van der Waals surface area (Å²) in [6.45, 7) is 6.65. The van der Waals surface area contributed by atoms with Crippen LogP contribution in [0.1, 0.15) is 44.2 Å². The van der Waals surface area contributed by atoms with E-state index < -0.39 is 10.8 Å². The maximum atomic E-state index is 12.1. The third-order valence-corrected chi connectivity index (χ3v) is 3.93. The van der Waals surface area contributed by atoms with Crippen molar-refractivity contribution in [2.75, 3.05) is 11.9 Å². The molecule has 27 heavy (non-hydrogen) atoms. The van der Waals surface area contributed by atoms with Gasteiger partial charge < -0.3 is 10.1 Å². The highest BCUT2D eigenvalue weighted by Gasteiger charge is 2.16. The Morgan fingerprint density at radius 2 is 1.93 bits per heavy atom. The van der Waals surface area contributed by atoms with Crippen molar-refractivity contribution in [2.45, 2.75) is 33.1 Å². The molecular weight excluding hydrogens is 344 g/mol. The van der Waals surface area contributed by atoms with Gasteiger partial charge in [0.25, 0.3) is 5.69 Å². The molecule has 0 aliphatic rings. The molecule has 0 fully saturated rings. The predicted octanol–water partition coefficient (Wildman–Crippen LogP) is 5.16. The Labute approximate surface area is 159 Å². The van der Waals surface area contributed by atoms with Gasteiger partial charge in [0.2, 0.25) is 5.91 Å². The smallest absolute Gasteiger partial charge is 0.296 e. The van der Waals surface area contributed by atoms with Crippen molar-refractivity contribution >= 4 is 23.4 Å². The molecule has 0 aliphatic heterocycles. The number of nitrogens with one attached hydrogen (secondary N) is 1. The van der Waals surface area contributed by atoms with E-state index in [4.69, 9.17) is 4.74 Å². The van der Waals surface area contributed by atoms with E-state index in [-0.39, 0.29) is 11.4 Å². The Kier molecular flexibility index (Phi) is 7.11. The van der Waals surface area contributed by atoms with Gasteiger partial charge in [0.15, 0.2) is 0 Å². The van der Waals surface area contributed by atoms with Gasteiger partial charge in [0.1, 0.15) is 11.4 Å². The normalized spacial score (nSPS) is 11.0. The second-order valence-corrected chi connectivity index (χ2v) is 6.43. The molecule has 0 spiro atoms. The van der Waals surface area contributed by atoms with Crippen LogP contribution in [0.25, 0.3) is 6.08 Å². The molecule has 0 saturated carbocycles. The van der Waals surface area contributed by atoms with Crippen molar-refractivity contribution in [3.8, 4) is 5.75 Å². The zero-order chi connectivity index (χ0) is 19.8. The zero-order valence-electron chi connectivity index (χ0n) is 15.8. The number of rotatable bonds is 8. The number of nitro benzene ring substituents is 1. The Hall–Kier alpha value is -3.15. The first-order valence-electron chi connectivity index (χ1n) is 8.91. The van der Waals surface area contributed by atoms with Crippen LogP contribution in [0.3, 0.4) is 0 Å². The highest BCUT2D eigenvalue weighted by Crippen LogP contribution is 2.29. The van der Waals surface area contributed by atoms with Crippen LogP contribution in [-0.2, 0) is 4.79 Å². The van der Waals surface area contributed by atoms with Crippen molar-refractivity contribution in [1.82, 2.24) is 0 Å². The van der Waals surface area contributed by atoms with Crippen molar-refractivity contribution in [1.29, 1.82) is 0 Å². The minimum Gasteiger partial charge on any atom is -0.493 e. The number of ether oxygens (including phenoxy) is 1. The van der Waals surface area contributed by atoms with E-state index in [9.17, 15) is 14.9 Å². The van der Waals surface area contributed by atoms with Crippen molar-refractivity contribution < 1.29 is 14.5 Å². The van der Waals surface area contributed by atoms with Crippen LogP contribution < -0.4 is 10.1 Å². The number of benzene rings is 2. The number of anilines is 1. The third kappa shape index (κ3) is 5.95. The van der Waals surface area contributed by atoms with E-state index in [1.165, 1.54) is 23.8 Å².